The molecule has 0 amide bonds. The highest BCUT2D eigenvalue weighted by molar-refractivity contribution is 5.95. The molecule has 1 aliphatic rings. The second kappa shape index (κ2) is 9.46. The molecule has 6 rings (SSSR count). The Balaban J connectivity index is 1.33. The molecule has 0 unspecified atom stereocenters. The first-order chi connectivity index (χ1) is 17.9. The van der Waals surface area contributed by atoms with Crippen LogP contribution in [0.25, 0.3) is 44.7 Å². The van der Waals surface area contributed by atoms with Crippen molar-refractivity contribution >= 4 is 33.4 Å². The van der Waals surface area contributed by atoms with Gasteiger partial charge in [-0.1, -0.05) is 20.8 Å². The number of rotatable bonds is 6. The topological polar surface area (TPSA) is 111 Å². The summed E-state index contributed by atoms with van der Waals surface area (Å²) in [5, 5.41) is 12.0. The van der Waals surface area contributed by atoms with E-state index in [9.17, 15) is 0 Å². The minimum absolute atomic E-state index is 0.284. The number of imidazole rings is 1. The molecule has 9 nitrogen and oxygen atoms in total. The van der Waals surface area contributed by atoms with Crippen LogP contribution in [-0.4, -0.2) is 54.8 Å². The molecular weight excluding hydrogens is 462 g/mol. The van der Waals surface area contributed by atoms with Crippen molar-refractivity contribution in [2.24, 2.45) is 5.41 Å². The first kappa shape index (κ1) is 23.4. The van der Waals surface area contributed by atoms with Crippen LogP contribution < -0.4 is 10.2 Å². The van der Waals surface area contributed by atoms with Gasteiger partial charge in [0.1, 0.15) is 11.2 Å². The van der Waals surface area contributed by atoms with Crippen molar-refractivity contribution in [3.05, 3.63) is 43.1 Å². The maximum Gasteiger partial charge on any atom is 0.181 e. The lowest BCUT2D eigenvalue weighted by Crippen LogP contribution is -2.29. The highest BCUT2D eigenvalue weighted by Gasteiger charge is 2.19. The van der Waals surface area contributed by atoms with Crippen molar-refractivity contribution in [1.29, 1.82) is 0 Å². The number of nitrogens with zero attached hydrogens (tertiary/aromatic N) is 6. The minimum Gasteiger partial charge on any atom is -0.384 e. The first-order valence-corrected chi connectivity index (χ1v) is 13.1. The van der Waals surface area contributed by atoms with E-state index < -0.39 is 0 Å². The third kappa shape index (κ3) is 4.85. The zero-order valence-corrected chi connectivity index (χ0v) is 21.7. The molecule has 5 aromatic heterocycles. The van der Waals surface area contributed by atoms with E-state index >= 15 is 0 Å². The van der Waals surface area contributed by atoms with E-state index in [1.807, 2.05) is 31.0 Å². The van der Waals surface area contributed by atoms with Crippen molar-refractivity contribution in [2.75, 3.05) is 29.9 Å². The van der Waals surface area contributed by atoms with E-state index in [-0.39, 0.29) is 5.41 Å². The summed E-state index contributed by atoms with van der Waals surface area (Å²) in [7, 11) is 0. The summed E-state index contributed by atoms with van der Waals surface area (Å²) in [5.41, 5.74) is 7.69. The molecule has 190 valence electrons. The number of fused-ring (bicyclic) bond motifs is 2. The van der Waals surface area contributed by atoms with Crippen LogP contribution in [0.15, 0.2) is 43.1 Å². The number of hydrogen-bond donors (Lipinski definition) is 3. The third-order valence-electron chi connectivity index (χ3n) is 6.99. The monoisotopic (exact) mass is 495 g/mol. The fourth-order valence-electron chi connectivity index (χ4n) is 4.92. The molecule has 0 saturated carbocycles. The third-order valence-corrected chi connectivity index (χ3v) is 6.99. The van der Waals surface area contributed by atoms with Gasteiger partial charge in [-0.25, -0.2) is 9.97 Å². The Morgan fingerprint density at radius 2 is 1.76 bits per heavy atom. The molecule has 9 heteroatoms. The van der Waals surface area contributed by atoms with Crippen molar-refractivity contribution in [3.8, 4) is 22.6 Å². The predicted octanol–water partition coefficient (Wildman–Crippen LogP) is 5.80. The van der Waals surface area contributed by atoms with Gasteiger partial charge in [0, 0.05) is 49.4 Å². The average Bonchev–Trinajstić information content (AvgIpc) is 3.52. The molecule has 0 radical (unpaired) electrons. The van der Waals surface area contributed by atoms with Gasteiger partial charge in [0.15, 0.2) is 11.5 Å². The molecule has 6 heterocycles. The molecule has 3 N–H and O–H groups in total. The number of aromatic amines is 2. The second-order valence-corrected chi connectivity index (χ2v) is 11.1. The van der Waals surface area contributed by atoms with Crippen LogP contribution in [0, 0.1) is 5.41 Å². The van der Waals surface area contributed by atoms with Crippen LogP contribution in [0.3, 0.4) is 0 Å². The lowest BCUT2D eigenvalue weighted by atomic mass is 9.92. The van der Waals surface area contributed by atoms with E-state index in [2.05, 4.69) is 73.3 Å². The fraction of sp³-hybridized carbons (Fsp3) is 0.393. The van der Waals surface area contributed by atoms with Gasteiger partial charge >= 0.3 is 0 Å². The van der Waals surface area contributed by atoms with E-state index in [0.717, 1.165) is 76.5 Å². The SMILES string of the molecule is CC(C)(C)CCNc1cncc(-c2cnc3n[nH]c(-c4nc5c(N6CCCCC6)cncc5[nH]4)c3c2)c1. The summed E-state index contributed by atoms with van der Waals surface area (Å²) in [6, 6.07) is 4.23. The maximum atomic E-state index is 4.99. The summed E-state index contributed by atoms with van der Waals surface area (Å²) in [5.74, 6) is 0.735. The zero-order valence-electron chi connectivity index (χ0n) is 21.7. The number of aromatic nitrogens is 7. The van der Waals surface area contributed by atoms with Crippen molar-refractivity contribution < 1.29 is 0 Å². The summed E-state index contributed by atoms with van der Waals surface area (Å²) >= 11 is 0. The first-order valence-electron chi connectivity index (χ1n) is 13.1. The number of anilines is 2. The molecule has 1 saturated heterocycles. The van der Waals surface area contributed by atoms with Gasteiger partial charge in [-0.15, -0.1) is 0 Å². The second-order valence-electron chi connectivity index (χ2n) is 11.1. The minimum atomic E-state index is 0.284. The predicted molar refractivity (Wildman–Crippen MR) is 149 cm³/mol. The molecule has 0 aromatic carbocycles. The van der Waals surface area contributed by atoms with E-state index in [4.69, 9.17) is 4.98 Å². The van der Waals surface area contributed by atoms with E-state index in [0.29, 0.717) is 5.65 Å². The highest BCUT2D eigenvalue weighted by atomic mass is 15.2. The molecular formula is C28H33N9. The number of nitrogens with one attached hydrogen (secondary N) is 3. The van der Waals surface area contributed by atoms with Gasteiger partial charge in [-0.3, -0.25) is 15.1 Å². The van der Waals surface area contributed by atoms with Crippen LogP contribution in [-0.2, 0) is 0 Å². The van der Waals surface area contributed by atoms with Gasteiger partial charge in [-0.2, -0.15) is 5.10 Å². The molecule has 37 heavy (non-hydrogen) atoms. The van der Waals surface area contributed by atoms with E-state index in [1.54, 1.807) is 0 Å². The van der Waals surface area contributed by atoms with Gasteiger partial charge < -0.3 is 15.2 Å². The van der Waals surface area contributed by atoms with Gasteiger partial charge in [0.05, 0.1) is 34.7 Å². The Bertz CT molecular complexity index is 1540. The van der Waals surface area contributed by atoms with Crippen LogP contribution in [0.4, 0.5) is 11.4 Å². The number of hydrogen-bond acceptors (Lipinski definition) is 7. The lowest BCUT2D eigenvalue weighted by molar-refractivity contribution is 0.390. The van der Waals surface area contributed by atoms with Crippen LogP contribution in [0.5, 0.6) is 0 Å². The summed E-state index contributed by atoms with van der Waals surface area (Å²) in [6.07, 6.45) is 14.1. The van der Waals surface area contributed by atoms with Gasteiger partial charge in [0.25, 0.3) is 0 Å². The summed E-state index contributed by atoms with van der Waals surface area (Å²) < 4.78 is 0. The Morgan fingerprint density at radius 1 is 0.946 bits per heavy atom. The quantitative estimate of drug-likeness (QED) is 0.273. The Hall–Kier alpha value is -4.01. The largest absolute Gasteiger partial charge is 0.384 e. The smallest absolute Gasteiger partial charge is 0.181 e. The summed E-state index contributed by atoms with van der Waals surface area (Å²) in [6.45, 7) is 9.74. The molecule has 5 aromatic rings. The molecule has 0 spiro atoms. The van der Waals surface area contributed by atoms with Crippen molar-refractivity contribution in [3.63, 3.8) is 0 Å². The lowest BCUT2D eigenvalue weighted by Gasteiger charge is -2.28. The fourth-order valence-corrected chi connectivity index (χ4v) is 4.92. The molecule has 0 aliphatic carbocycles. The molecule has 0 bridgehead atoms. The number of H-pyrrole nitrogens is 2. The standard InChI is InChI=1S/C28H33N9/c1-28(2,3)7-8-31-20-11-18(13-29-15-20)19-12-21-24(35-36-26(21)32-14-19)27-33-22-16-30-17-23(25(22)34-27)37-9-5-4-6-10-37/h11-17,31H,4-10H2,1-3H3,(H,33,34)(H,32,35,36). The molecule has 0 atom stereocenters. The number of piperidine rings is 1. The highest BCUT2D eigenvalue weighted by Crippen LogP contribution is 2.32. The molecule has 1 aliphatic heterocycles. The number of pyridine rings is 3. The van der Waals surface area contributed by atoms with Gasteiger partial charge in [0.2, 0.25) is 0 Å². The van der Waals surface area contributed by atoms with Crippen molar-refractivity contribution in [1.82, 2.24) is 35.1 Å². The Morgan fingerprint density at radius 3 is 2.59 bits per heavy atom. The normalized spacial score (nSPS) is 14.5. The van der Waals surface area contributed by atoms with Crippen molar-refractivity contribution in [2.45, 2.75) is 46.5 Å². The van der Waals surface area contributed by atoms with Crippen LogP contribution in [0.2, 0.25) is 0 Å². The Labute approximate surface area is 216 Å². The van der Waals surface area contributed by atoms with E-state index in [1.165, 1.54) is 19.3 Å². The zero-order chi connectivity index (χ0) is 25.4. The van der Waals surface area contributed by atoms with Crippen LogP contribution >= 0.6 is 0 Å². The average molecular weight is 496 g/mol. The van der Waals surface area contributed by atoms with Gasteiger partial charge in [-0.05, 0) is 43.2 Å². The molecule has 1 fully saturated rings. The van der Waals surface area contributed by atoms with Crippen LogP contribution in [0.1, 0.15) is 46.5 Å². The Kier molecular flexibility index (Phi) is 5.98. The maximum absolute atomic E-state index is 4.99. The summed E-state index contributed by atoms with van der Waals surface area (Å²) in [4.78, 5) is 24.4.